The second kappa shape index (κ2) is 8.15. The molecule has 0 spiro atoms. The molecule has 9 heteroatoms. The number of ether oxygens (including phenoxy) is 1. The van der Waals surface area contributed by atoms with Crippen LogP contribution in [-0.2, 0) is 20.9 Å². The zero-order valence-electron chi connectivity index (χ0n) is 15.0. The fourth-order valence-electron chi connectivity index (χ4n) is 2.95. The van der Waals surface area contributed by atoms with E-state index in [0.29, 0.717) is 12.4 Å². The lowest BCUT2D eigenvalue weighted by Crippen LogP contribution is -2.26. The van der Waals surface area contributed by atoms with Crippen LogP contribution in [0.1, 0.15) is 12.3 Å². The van der Waals surface area contributed by atoms with E-state index >= 15 is 0 Å². The molecule has 0 aliphatic carbocycles. The van der Waals surface area contributed by atoms with Crippen LogP contribution in [0.4, 0.5) is 5.69 Å². The van der Waals surface area contributed by atoms with Gasteiger partial charge in [0.05, 0.1) is 5.92 Å². The third kappa shape index (κ3) is 3.95. The second-order valence-electron chi connectivity index (χ2n) is 6.23. The van der Waals surface area contributed by atoms with Crippen molar-refractivity contribution in [2.24, 2.45) is 5.92 Å². The van der Waals surface area contributed by atoms with Crippen molar-refractivity contribution in [1.82, 2.24) is 10.1 Å². The summed E-state index contributed by atoms with van der Waals surface area (Å²) in [7, 11) is 0. The van der Waals surface area contributed by atoms with Crippen LogP contribution in [-0.4, -0.2) is 34.8 Å². The molecule has 1 aliphatic heterocycles. The van der Waals surface area contributed by atoms with Gasteiger partial charge in [0.15, 0.2) is 6.61 Å². The van der Waals surface area contributed by atoms with Crippen LogP contribution in [0.25, 0.3) is 11.4 Å². The van der Waals surface area contributed by atoms with E-state index in [1.54, 1.807) is 16.7 Å². The molecule has 0 radical (unpaired) electrons. The van der Waals surface area contributed by atoms with Gasteiger partial charge in [0.25, 0.3) is 5.89 Å². The minimum Gasteiger partial charge on any atom is -0.455 e. The molecular formula is C19H17N3O4S2. The van der Waals surface area contributed by atoms with Crippen molar-refractivity contribution in [3.63, 3.8) is 0 Å². The third-order valence-electron chi connectivity index (χ3n) is 4.43. The summed E-state index contributed by atoms with van der Waals surface area (Å²) in [5.41, 5.74) is 1.64. The number of esters is 1. The predicted molar refractivity (Wildman–Crippen MR) is 106 cm³/mol. The van der Waals surface area contributed by atoms with Gasteiger partial charge in [0.2, 0.25) is 11.7 Å². The van der Waals surface area contributed by atoms with Crippen LogP contribution < -0.4 is 4.90 Å². The van der Waals surface area contributed by atoms with E-state index in [1.165, 1.54) is 11.3 Å². The number of benzene rings is 1. The first-order valence-corrected chi connectivity index (χ1v) is 10.8. The Bertz CT molecular complexity index is 969. The zero-order valence-corrected chi connectivity index (χ0v) is 16.7. The largest absolute Gasteiger partial charge is 0.455 e. The fraction of sp³-hybridized carbons (Fsp3) is 0.263. The van der Waals surface area contributed by atoms with Crippen molar-refractivity contribution in [2.45, 2.75) is 17.9 Å². The average molecular weight is 415 g/mol. The van der Waals surface area contributed by atoms with Gasteiger partial charge in [0, 0.05) is 34.5 Å². The van der Waals surface area contributed by atoms with E-state index < -0.39 is 11.9 Å². The summed E-state index contributed by atoms with van der Waals surface area (Å²) in [5.74, 6) is -0.346. The second-order valence-corrected chi connectivity index (χ2v) is 7.89. The Morgan fingerprint density at radius 3 is 2.89 bits per heavy atom. The number of hydrogen-bond donors (Lipinski definition) is 0. The summed E-state index contributed by atoms with van der Waals surface area (Å²) in [4.78, 5) is 31.7. The predicted octanol–water partition coefficient (Wildman–Crippen LogP) is 3.62. The molecular weight excluding hydrogens is 398 g/mol. The third-order valence-corrected chi connectivity index (χ3v) is 5.85. The molecule has 3 aromatic rings. The van der Waals surface area contributed by atoms with Gasteiger partial charge < -0.3 is 14.2 Å². The molecule has 3 heterocycles. The molecule has 1 unspecified atom stereocenters. The molecule has 1 aromatic carbocycles. The highest BCUT2D eigenvalue weighted by Gasteiger charge is 2.36. The Labute approximate surface area is 169 Å². The molecule has 4 rings (SSSR count). The molecule has 28 heavy (non-hydrogen) atoms. The van der Waals surface area contributed by atoms with Crippen molar-refractivity contribution >= 4 is 40.7 Å². The monoisotopic (exact) mass is 415 g/mol. The van der Waals surface area contributed by atoms with E-state index in [2.05, 4.69) is 10.1 Å². The molecule has 144 valence electrons. The van der Waals surface area contributed by atoms with Crippen molar-refractivity contribution in [3.8, 4) is 11.4 Å². The average Bonchev–Trinajstić information content (AvgIpc) is 3.46. The van der Waals surface area contributed by atoms with Gasteiger partial charge in [-0.05, 0) is 42.0 Å². The van der Waals surface area contributed by atoms with E-state index in [4.69, 9.17) is 9.26 Å². The molecule has 0 N–H and O–H groups in total. The Morgan fingerprint density at radius 1 is 1.36 bits per heavy atom. The summed E-state index contributed by atoms with van der Waals surface area (Å²) in [6.45, 7) is 0.198. The zero-order chi connectivity index (χ0) is 19.5. The van der Waals surface area contributed by atoms with Crippen LogP contribution in [0.2, 0.25) is 0 Å². The van der Waals surface area contributed by atoms with Gasteiger partial charge in [-0.25, -0.2) is 0 Å². The smallest absolute Gasteiger partial charge is 0.311 e. The van der Waals surface area contributed by atoms with Crippen LogP contribution in [0.15, 0.2) is 50.5 Å². The van der Waals surface area contributed by atoms with Gasteiger partial charge in [-0.1, -0.05) is 5.16 Å². The van der Waals surface area contributed by atoms with E-state index in [1.807, 2.05) is 47.3 Å². The molecule has 1 fully saturated rings. The number of thiophene rings is 1. The lowest BCUT2D eigenvalue weighted by molar-refractivity contribution is -0.150. The van der Waals surface area contributed by atoms with Crippen LogP contribution in [0.3, 0.4) is 0 Å². The van der Waals surface area contributed by atoms with E-state index in [9.17, 15) is 9.59 Å². The van der Waals surface area contributed by atoms with Gasteiger partial charge in [-0.15, -0.1) is 11.8 Å². The molecule has 1 saturated heterocycles. The lowest BCUT2D eigenvalue weighted by atomic mass is 10.1. The quantitative estimate of drug-likeness (QED) is 0.449. The van der Waals surface area contributed by atoms with E-state index in [0.717, 1.165) is 16.1 Å². The molecule has 1 aliphatic rings. The maximum absolute atomic E-state index is 12.4. The summed E-state index contributed by atoms with van der Waals surface area (Å²) < 4.78 is 10.4. The SMILES string of the molecule is CSc1ccc(N2CC(C(=O)OCc3nc(-c4ccsc4)no3)CC2=O)cc1. The number of amides is 1. The van der Waals surface area contributed by atoms with Crippen LogP contribution in [0.5, 0.6) is 0 Å². The molecule has 0 bridgehead atoms. The van der Waals surface area contributed by atoms with Crippen molar-refractivity contribution in [3.05, 3.63) is 47.0 Å². The van der Waals surface area contributed by atoms with Gasteiger partial charge in [-0.3, -0.25) is 9.59 Å². The number of anilines is 1. The van der Waals surface area contributed by atoms with Gasteiger partial charge in [0.1, 0.15) is 0 Å². The summed E-state index contributed by atoms with van der Waals surface area (Å²) in [6.07, 6.45) is 2.13. The van der Waals surface area contributed by atoms with E-state index in [-0.39, 0.29) is 24.8 Å². The first-order valence-electron chi connectivity index (χ1n) is 8.60. The lowest BCUT2D eigenvalue weighted by Gasteiger charge is -2.16. The fourth-order valence-corrected chi connectivity index (χ4v) is 3.99. The van der Waals surface area contributed by atoms with Crippen molar-refractivity contribution in [2.75, 3.05) is 17.7 Å². The highest BCUT2D eigenvalue weighted by Crippen LogP contribution is 2.28. The van der Waals surface area contributed by atoms with Crippen LogP contribution in [0, 0.1) is 5.92 Å². The molecule has 7 nitrogen and oxygen atoms in total. The number of thioether (sulfide) groups is 1. The van der Waals surface area contributed by atoms with Gasteiger partial charge in [-0.2, -0.15) is 16.3 Å². The van der Waals surface area contributed by atoms with Crippen molar-refractivity contribution < 1.29 is 18.8 Å². The number of nitrogens with zero attached hydrogens (tertiary/aromatic N) is 3. The maximum Gasteiger partial charge on any atom is 0.311 e. The first kappa shape index (κ1) is 18.7. The number of carbonyl (C=O) groups excluding carboxylic acids is 2. The highest BCUT2D eigenvalue weighted by atomic mass is 32.2. The standard InChI is InChI=1S/C19H17N3O4S2/c1-27-15-4-2-14(3-5-15)22-9-13(8-17(22)23)19(24)25-10-16-20-18(21-26-16)12-6-7-28-11-12/h2-7,11,13H,8-10H2,1H3. The topological polar surface area (TPSA) is 85.5 Å². The number of carbonyl (C=O) groups is 2. The molecule has 2 aromatic heterocycles. The van der Waals surface area contributed by atoms with Gasteiger partial charge >= 0.3 is 5.97 Å². The van der Waals surface area contributed by atoms with Crippen LogP contribution >= 0.6 is 23.1 Å². The normalized spacial score (nSPS) is 16.5. The summed E-state index contributed by atoms with van der Waals surface area (Å²) in [5, 5.41) is 7.70. The molecule has 0 saturated carbocycles. The Kier molecular flexibility index (Phi) is 5.45. The Balaban J connectivity index is 1.34. The number of rotatable bonds is 6. The Morgan fingerprint density at radius 2 is 2.18 bits per heavy atom. The minimum absolute atomic E-state index is 0.0867. The number of aromatic nitrogens is 2. The minimum atomic E-state index is -0.507. The van der Waals surface area contributed by atoms with Crippen molar-refractivity contribution in [1.29, 1.82) is 0 Å². The molecule has 1 amide bonds. The summed E-state index contributed by atoms with van der Waals surface area (Å²) in [6, 6.07) is 9.58. The molecule has 1 atom stereocenters. The first-order chi connectivity index (χ1) is 13.6. The number of hydrogen-bond acceptors (Lipinski definition) is 8. The Hall–Kier alpha value is -2.65. The maximum atomic E-state index is 12.4. The summed E-state index contributed by atoms with van der Waals surface area (Å²) >= 11 is 3.17. The highest BCUT2D eigenvalue weighted by molar-refractivity contribution is 7.98.